The molecule has 1 amide bonds. The number of likely N-dealkylation sites (tertiary alicyclic amines) is 1. The van der Waals surface area contributed by atoms with Gasteiger partial charge in [0.2, 0.25) is 15.9 Å². The largest absolute Gasteiger partial charge is 0.495 e. The van der Waals surface area contributed by atoms with Gasteiger partial charge in [-0.05, 0) is 43.1 Å². The average molecular weight is 477 g/mol. The summed E-state index contributed by atoms with van der Waals surface area (Å²) >= 11 is 0. The number of benzene rings is 2. The maximum Gasteiger partial charge on any atom is 0.271 e. The van der Waals surface area contributed by atoms with Gasteiger partial charge in [-0.2, -0.15) is 0 Å². The van der Waals surface area contributed by atoms with Crippen LogP contribution < -0.4 is 14.4 Å². The third-order valence-electron chi connectivity index (χ3n) is 5.42. The van der Waals surface area contributed by atoms with Crippen molar-refractivity contribution in [1.29, 1.82) is 0 Å². The van der Waals surface area contributed by atoms with Crippen LogP contribution in [-0.4, -0.2) is 57.1 Å². The molecule has 0 saturated carbocycles. The molecule has 0 atom stereocenters. The maximum absolute atomic E-state index is 12.6. The number of nitro groups is 1. The Hall–Kier alpha value is -3.18. The highest BCUT2D eigenvalue weighted by Gasteiger charge is 2.26. The van der Waals surface area contributed by atoms with E-state index in [0.29, 0.717) is 0 Å². The van der Waals surface area contributed by atoms with E-state index in [1.807, 2.05) is 24.3 Å². The van der Waals surface area contributed by atoms with Crippen molar-refractivity contribution in [2.45, 2.75) is 25.9 Å². The van der Waals surface area contributed by atoms with Gasteiger partial charge in [0, 0.05) is 25.2 Å². The molecular weight excluding hydrogens is 448 g/mol. The predicted octanol–water partition coefficient (Wildman–Crippen LogP) is 2.28. The zero-order chi connectivity index (χ0) is 24.0. The number of hydrogen-bond donors (Lipinski definition) is 1. The molecule has 1 saturated heterocycles. The molecule has 33 heavy (non-hydrogen) atoms. The summed E-state index contributed by atoms with van der Waals surface area (Å²) in [5.41, 5.74) is 1.67. The lowest BCUT2D eigenvalue weighted by Crippen LogP contribution is -2.40. The van der Waals surface area contributed by atoms with E-state index < -0.39 is 27.4 Å². The molecule has 1 fully saturated rings. The fraction of sp³-hybridized carbons (Fsp3) is 0.409. The minimum Gasteiger partial charge on any atom is -0.495 e. The van der Waals surface area contributed by atoms with E-state index in [9.17, 15) is 23.3 Å². The van der Waals surface area contributed by atoms with E-state index in [0.717, 1.165) is 47.4 Å². The zero-order valence-corrected chi connectivity index (χ0v) is 19.5. The fourth-order valence-electron chi connectivity index (χ4n) is 3.79. The Morgan fingerprint density at radius 1 is 1.18 bits per heavy atom. The number of amides is 1. The summed E-state index contributed by atoms with van der Waals surface area (Å²) in [5.74, 6) is -0.438. The summed E-state index contributed by atoms with van der Waals surface area (Å²) in [7, 11) is -2.61. The molecule has 0 spiro atoms. The number of non-ortho nitro benzene ring substituents is 1. The predicted molar refractivity (Wildman–Crippen MR) is 125 cm³/mol. The van der Waals surface area contributed by atoms with Crippen LogP contribution >= 0.6 is 0 Å². The molecule has 0 aliphatic carbocycles. The number of anilines is 1. The van der Waals surface area contributed by atoms with Crippen LogP contribution in [0.3, 0.4) is 0 Å². The standard InChI is InChI=1S/C22H28N4O6S/c1-32-21-9-8-19(26(28)29)13-20(21)25(33(2,30)31)16-22(27)23-14-17-6-5-7-18(12-17)15-24-10-3-4-11-24/h5-9,12-13H,3-4,10-11,14-16H2,1-2H3,(H,23,27). The third kappa shape index (κ3) is 6.65. The number of carbonyl (C=O) groups is 1. The van der Waals surface area contributed by atoms with Crippen molar-refractivity contribution in [3.05, 3.63) is 63.7 Å². The average Bonchev–Trinajstić information content (AvgIpc) is 3.28. The molecule has 3 rings (SSSR count). The smallest absolute Gasteiger partial charge is 0.271 e. The van der Waals surface area contributed by atoms with Crippen molar-refractivity contribution in [2.24, 2.45) is 0 Å². The lowest BCUT2D eigenvalue weighted by molar-refractivity contribution is -0.384. The number of ether oxygens (including phenoxy) is 1. The number of hydrogen-bond acceptors (Lipinski definition) is 7. The van der Waals surface area contributed by atoms with Crippen molar-refractivity contribution in [1.82, 2.24) is 10.2 Å². The maximum atomic E-state index is 12.6. The number of nitro benzene ring substituents is 1. The van der Waals surface area contributed by atoms with Crippen LogP contribution in [0.1, 0.15) is 24.0 Å². The second-order valence-electron chi connectivity index (χ2n) is 7.96. The first-order chi connectivity index (χ1) is 15.7. The van der Waals surface area contributed by atoms with E-state index in [2.05, 4.69) is 10.2 Å². The van der Waals surface area contributed by atoms with Gasteiger partial charge in [-0.3, -0.25) is 24.1 Å². The van der Waals surface area contributed by atoms with Gasteiger partial charge in [0.1, 0.15) is 18.0 Å². The SMILES string of the molecule is COc1ccc([N+](=O)[O-])cc1N(CC(=O)NCc1cccc(CN2CCCC2)c1)S(C)(=O)=O. The summed E-state index contributed by atoms with van der Waals surface area (Å²) in [6.45, 7) is 2.73. The summed E-state index contributed by atoms with van der Waals surface area (Å²) in [6.07, 6.45) is 3.35. The molecule has 0 aromatic heterocycles. The molecule has 178 valence electrons. The van der Waals surface area contributed by atoms with Crippen LogP contribution in [0.2, 0.25) is 0 Å². The number of carbonyl (C=O) groups excluding carboxylic acids is 1. The molecule has 0 bridgehead atoms. The van der Waals surface area contributed by atoms with Gasteiger partial charge in [-0.1, -0.05) is 24.3 Å². The zero-order valence-electron chi connectivity index (χ0n) is 18.7. The molecule has 1 aliphatic heterocycles. The normalized spacial score (nSPS) is 14.1. The Bertz CT molecular complexity index is 1120. The lowest BCUT2D eigenvalue weighted by Gasteiger charge is -2.23. The molecule has 1 heterocycles. The minimum atomic E-state index is -3.93. The molecule has 1 N–H and O–H groups in total. The Labute approximate surface area is 193 Å². The first-order valence-corrected chi connectivity index (χ1v) is 12.4. The van der Waals surface area contributed by atoms with Crippen LogP contribution in [0.4, 0.5) is 11.4 Å². The summed E-state index contributed by atoms with van der Waals surface area (Å²) in [4.78, 5) is 25.5. The topological polar surface area (TPSA) is 122 Å². The van der Waals surface area contributed by atoms with Crippen molar-refractivity contribution in [3.8, 4) is 5.75 Å². The molecule has 2 aromatic rings. The van der Waals surface area contributed by atoms with Crippen molar-refractivity contribution in [3.63, 3.8) is 0 Å². The van der Waals surface area contributed by atoms with Crippen molar-refractivity contribution < 1.29 is 22.9 Å². The monoisotopic (exact) mass is 476 g/mol. The number of methoxy groups -OCH3 is 1. The summed E-state index contributed by atoms with van der Waals surface area (Å²) in [5, 5.41) is 13.9. The molecule has 10 nitrogen and oxygen atoms in total. The number of nitrogens with zero attached hydrogens (tertiary/aromatic N) is 3. The van der Waals surface area contributed by atoms with Gasteiger partial charge in [0.15, 0.2) is 0 Å². The number of sulfonamides is 1. The molecular formula is C22H28N4O6S. The van der Waals surface area contributed by atoms with Gasteiger partial charge >= 0.3 is 0 Å². The molecule has 1 aliphatic rings. The second kappa shape index (κ2) is 10.6. The molecule has 0 radical (unpaired) electrons. The quantitative estimate of drug-likeness (QED) is 0.412. The number of rotatable bonds is 10. The first-order valence-electron chi connectivity index (χ1n) is 10.5. The summed E-state index contributed by atoms with van der Waals surface area (Å²) in [6, 6.07) is 11.5. The highest BCUT2D eigenvalue weighted by atomic mass is 32.2. The van der Waals surface area contributed by atoms with E-state index in [4.69, 9.17) is 4.74 Å². The Balaban J connectivity index is 1.71. The van der Waals surface area contributed by atoms with Gasteiger partial charge in [0.25, 0.3) is 5.69 Å². The number of nitrogens with one attached hydrogen (secondary N) is 1. The highest BCUT2D eigenvalue weighted by Crippen LogP contribution is 2.33. The van der Waals surface area contributed by atoms with Gasteiger partial charge in [-0.15, -0.1) is 0 Å². The molecule has 0 unspecified atom stereocenters. The molecule has 11 heteroatoms. The fourth-order valence-corrected chi connectivity index (χ4v) is 4.64. The van der Waals surface area contributed by atoms with Crippen LogP contribution in [0.25, 0.3) is 0 Å². The van der Waals surface area contributed by atoms with Gasteiger partial charge in [0.05, 0.1) is 18.3 Å². The van der Waals surface area contributed by atoms with Gasteiger partial charge < -0.3 is 10.1 Å². The van der Waals surface area contributed by atoms with Crippen molar-refractivity contribution in [2.75, 3.05) is 37.3 Å². The van der Waals surface area contributed by atoms with Crippen LogP contribution in [0.15, 0.2) is 42.5 Å². The van der Waals surface area contributed by atoms with Gasteiger partial charge in [-0.25, -0.2) is 8.42 Å². The van der Waals surface area contributed by atoms with E-state index in [1.165, 1.54) is 32.1 Å². The van der Waals surface area contributed by atoms with Crippen LogP contribution in [0.5, 0.6) is 5.75 Å². The van der Waals surface area contributed by atoms with E-state index in [1.54, 1.807) is 0 Å². The second-order valence-corrected chi connectivity index (χ2v) is 9.87. The Morgan fingerprint density at radius 3 is 2.52 bits per heavy atom. The van der Waals surface area contributed by atoms with E-state index >= 15 is 0 Å². The highest BCUT2D eigenvalue weighted by molar-refractivity contribution is 7.92. The summed E-state index contributed by atoms with van der Waals surface area (Å²) < 4.78 is 30.8. The minimum absolute atomic E-state index is 0.0723. The Morgan fingerprint density at radius 2 is 1.88 bits per heavy atom. The van der Waals surface area contributed by atoms with Crippen LogP contribution in [-0.2, 0) is 27.9 Å². The molecule has 2 aromatic carbocycles. The lowest BCUT2D eigenvalue weighted by atomic mass is 10.1. The van der Waals surface area contributed by atoms with Crippen LogP contribution in [0, 0.1) is 10.1 Å². The third-order valence-corrected chi connectivity index (χ3v) is 6.54. The van der Waals surface area contributed by atoms with Crippen molar-refractivity contribution >= 4 is 27.3 Å². The first kappa shape index (κ1) is 24.5. The van der Waals surface area contributed by atoms with E-state index in [-0.39, 0.29) is 23.7 Å². The Kier molecular flexibility index (Phi) is 7.88.